The lowest BCUT2D eigenvalue weighted by Gasteiger charge is -2.33. The lowest BCUT2D eigenvalue weighted by atomic mass is 10.1. The summed E-state index contributed by atoms with van der Waals surface area (Å²) >= 11 is 3.41. The van der Waals surface area contributed by atoms with Gasteiger partial charge in [-0.3, -0.25) is 9.78 Å². The molecule has 1 unspecified atom stereocenters. The highest BCUT2D eigenvalue weighted by atomic mass is 79.9. The predicted octanol–water partition coefficient (Wildman–Crippen LogP) is 3.53. The third-order valence-corrected chi connectivity index (χ3v) is 4.18. The van der Waals surface area contributed by atoms with Gasteiger partial charge in [0, 0.05) is 29.0 Å². The molecule has 0 bridgehead atoms. The van der Waals surface area contributed by atoms with Crippen LogP contribution >= 0.6 is 15.9 Å². The molecule has 1 aromatic heterocycles. The Balaban J connectivity index is 1.66. The average Bonchev–Trinajstić information content (AvgIpc) is 2.55. The number of hydrogen-bond donors (Lipinski definition) is 0. The molecular weight excluding hydrogens is 344 g/mol. The maximum atomic E-state index is 12.6. The number of halogens is 1. The van der Waals surface area contributed by atoms with Crippen LogP contribution in [0.25, 0.3) is 0 Å². The third kappa shape index (κ3) is 3.65. The van der Waals surface area contributed by atoms with Crippen molar-refractivity contribution in [3.63, 3.8) is 0 Å². The second kappa shape index (κ2) is 6.92. The molecule has 4 nitrogen and oxygen atoms in total. The lowest BCUT2D eigenvalue weighted by molar-refractivity contribution is 0.0537. The van der Waals surface area contributed by atoms with Gasteiger partial charge in [-0.25, -0.2) is 0 Å². The molecule has 2 aromatic rings. The van der Waals surface area contributed by atoms with E-state index in [4.69, 9.17) is 4.74 Å². The number of aromatic nitrogens is 1. The highest BCUT2D eigenvalue weighted by Gasteiger charge is 2.25. The molecule has 5 heteroatoms. The van der Waals surface area contributed by atoms with Gasteiger partial charge in [0.15, 0.2) is 0 Å². The van der Waals surface area contributed by atoms with Gasteiger partial charge in [-0.2, -0.15) is 0 Å². The Labute approximate surface area is 138 Å². The molecule has 1 atom stereocenters. The van der Waals surface area contributed by atoms with Crippen LogP contribution in [0.3, 0.4) is 0 Å². The first-order valence-electron chi connectivity index (χ1n) is 7.34. The topological polar surface area (TPSA) is 42.4 Å². The number of pyridine rings is 1. The Morgan fingerprint density at radius 1 is 1.27 bits per heavy atom. The van der Waals surface area contributed by atoms with E-state index in [-0.39, 0.29) is 12.0 Å². The van der Waals surface area contributed by atoms with E-state index in [1.165, 1.54) is 0 Å². The van der Waals surface area contributed by atoms with E-state index >= 15 is 0 Å². The summed E-state index contributed by atoms with van der Waals surface area (Å²) in [5.74, 6) is 0.862. The Hall–Kier alpha value is -1.88. The van der Waals surface area contributed by atoms with Gasteiger partial charge in [0.2, 0.25) is 0 Å². The Bertz CT molecular complexity index is 648. The zero-order chi connectivity index (χ0) is 15.4. The van der Waals surface area contributed by atoms with Crippen molar-refractivity contribution >= 4 is 21.8 Å². The van der Waals surface area contributed by atoms with E-state index in [1.54, 1.807) is 12.4 Å². The number of carbonyl (C=O) groups excluding carboxylic acids is 1. The second-order valence-corrected chi connectivity index (χ2v) is 6.24. The molecule has 1 fully saturated rings. The first-order chi connectivity index (χ1) is 10.7. The highest BCUT2D eigenvalue weighted by molar-refractivity contribution is 9.10. The van der Waals surface area contributed by atoms with Gasteiger partial charge in [-0.1, -0.05) is 22.0 Å². The Morgan fingerprint density at radius 3 is 2.86 bits per heavy atom. The molecule has 0 N–H and O–H groups in total. The van der Waals surface area contributed by atoms with E-state index in [0.29, 0.717) is 12.1 Å². The van der Waals surface area contributed by atoms with Crippen molar-refractivity contribution in [1.29, 1.82) is 0 Å². The number of ether oxygens (including phenoxy) is 1. The van der Waals surface area contributed by atoms with E-state index < -0.39 is 0 Å². The predicted molar refractivity (Wildman–Crippen MR) is 87.9 cm³/mol. The number of carbonyl (C=O) groups is 1. The minimum atomic E-state index is 0.0345. The van der Waals surface area contributed by atoms with Gasteiger partial charge >= 0.3 is 0 Å². The molecule has 114 valence electrons. The summed E-state index contributed by atoms with van der Waals surface area (Å²) in [6, 6.07) is 11.2. The molecule has 22 heavy (non-hydrogen) atoms. The number of nitrogens with zero attached hydrogens (tertiary/aromatic N) is 2. The molecule has 0 radical (unpaired) electrons. The molecule has 0 spiro atoms. The van der Waals surface area contributed by atoms with Crippen LogP contribution in [-0.2, 0) is 0 Å². The van der Waals surface area contributed by atoms with Crippen LogP contribution in [-0.4, -0.2) is 35.0 Å². The molecule has 1 aromatic carbocycles. The third-order valence-electron chi connectivity index (χ3n) is 3.69. The average molecular weight is 361 g/mol. The SMILES string of the molecule is O=C(c1cccc(Br)c1)N1CCCC(Oc2ccncc2)C1. The molecule has 0 saturated carbocycles. The fourth-order valence-electron chi connectivity index (χ4n) is 2.63. The molecule has 1 saturated heterocycles. The maximum absolute atomic E-state index is 12.6. The standard InChI is InChI=1S/C17H17BrN2O2/c18-14-4-1-3-13(11-14)17(21)20-10-2-5-16(12-20)22-15-6-8-19-9-7-15/h1,3-4,6-9,11,16H,2,5,10,12H2. The fourth-order valence-corrected chi connectivity index (χ4v) is 3.03. The lowest BCUT2D eigenvalue weighted by Crippen LogP contribution is -2.44. The number of amides is 1. The van der Waals surface area contributed by atoms with Crippen LogP contribution in [0.4, 0.5) is 0 Å². The van der Waals surface area contributed by atoms with Gasteiger partial charge < -0.3 is 9.64 Å². The molecular formula is C17H17BrN2O2. The number of benzene rings is 1. The zero-order valence-electron chi connectivity index (χ0n) is 12.1. The van der Waals surface area contributed by atoms with Crippen molar-refractivity contribution in [3.8, 4) is 5.75 Å². The molecule has 1 aliphatic rings. The zero-order valence-corrected chi connectivity index (χ0v) is 13.7. The van der Waals surface area contributed by atoms with Crippen LogP contribution in [0.15, 0.2) is 53.3 Å². The number of hydrogen-bond acceptors (Lipinski definition) is 3. The first kappa shape index (κ1) is 15.0. The summed E-state index contributed by atoms with van der Waals surface area (Å²) in [5.41, 5.74) is 0.707. The van der Waals surface area contributed by atoms with E-state index in [1.807, 2.05) is 41.3 Å². The summed E-state index contributed by atoms with van der Waals surface area (Å²) in [6.45, 7) is 1.40. The highest BCUT2D eigenvalue weighted by Crippen LogP contribution is 2.20. The first-order valence-corrected chi connectivity index (χ1v) is 8.13. The number of likely N-dealkylation sites (tertiary alicyclic amines) is 1. The quantitative estimate of drug-likeness (QED) is 0.840. The summed E-state index contributed by atoms with van der Waals surface area (Å²) in [6.07, 6.45) is 5.37. The van der Waals surface area contributed by atoms with Gasteiger partial charge in [-0.15, -0.1) is 0 Å². The van der Waals surface area contributed by atoms with Crippen LogP contribution in [0.1, 0.15) is 23.2 Å². The fraction of sp³-hybridized carbons (Fsp3) is 0.294. The molecule has 1 amide bonds. The van der Waals surface area contributed by atoms with E-state index in [2.05, 4.69) is 20.9 Å². The van der Waals surface area contributed by atoms with Crippen LogP contribution < -0.4 is 4.74 Å². The van der Waals surface area contributed by atoms with Gasteiger partial charge in [0.05, 0.1) is 6.54 Å². The van der Waals surface area contributed by atoms with Crippen molar-refractivity contribution in [2.75, 3.05) is 13.1 Å². The van der Waals surface area contributed by atoms with E-state index in [9.17, 15) is 4.79 Å². The van der Waals surface area contributed by atoms with Crippen molar-refractivity contribution in [2.45, 2.75) is 18.9 Å². The van der Waals surface area contributed by atoms with Gasteiger partial charge in [0.25, 0.3) is 5.91 Å². The van der Waals surface area contributed by atoms with Crippen molar-refractivity contribution in [3.05, 3.63) is 58.8 Å². The number of piperidine rings is 1. The van der Waals surface area contributed by atoms with Crippen molar-refractivity contribution in [2.24, 2.45) is 0 Å². The largest absolute Gasteiger partial charge is 0.488 e. The minimum Gasteiger partial charge on any atom is -0.488 e. The second-order valence-electron chi connectivity index (χ2n) is 5.33. The normalized spacial score (nSPS) is 18.0. The number of rotatable bonds is 3. The molecule has 1 aliphatic heterocycles. The summed E-state index contributed by atoms with van der Waals surface area (Å²) in [4.78, 5) is 18.4. The van der Waals surface area contributed by atoms with Crippen LogP contribution in [0.5, 0.6) is 5.75 Å². The monoisotopic (exact) mass is 360 g/mol. The Morgan fingerprint density at radius 2 is 2.09 bits per heavy atom. The smallest absolute Gasteiger partial charge is 0.254 e. The van der Waals surface area contributed by atoms with Crippen LogP contribution in [0.2, 0.25) is 0 Å². The van der Waals surface area contributed by atoms with Crippen molar-refractivity contribution in [1.82, 2.24) is 9.88 Å². The summed E-state index contributed by atoms with van der Waals surface area (Å²) in [5, 5.41) is 0. The molecule has 3 rings (SSSR count). The summed E-state index contributed by atoms with van der Waals surface area (Å²) < 4.78 is 6.87. The minimum absolute atomic E-state index is 0.0345. The molecule has 0 aliphatic carbocycles. The van der Waals surface area contributed by atoms with Crippen LogP contribution in [0, 0.1) is 0 Å². The van der Waals surface area contributed by atoms with E-state index in [0.717, 1.165) is 29.6 Å². The van der Waals surface area contributed by atoms with Gasteiger partial charge in [0.1, 0.15) is 11.9 Å². The molecule has 2 heterocycles. The van der Waals surface area contributed by atoms with Crippen molar-refractivity contribution < 1.29 is 9.53 Å². The Kier molecular flexibility index (Phi) is 4.73. The maximum Gasteiger partial charge on any atom is 0.254 e. The van der Waals surface area contributed by atoms with Gasteiger partial charge in [-0.05, 0) is 43.2 Å². The summed E-state index contributed by atoms with van der Waals surface area (Å²) in [7, 11) is 0.